The summed E-state index contributed by atoms with van der Waals surface area (Å²) in [7, 11) is -4.10. The molecule has 0 aliphatic carbocycles. The van der Waals surface area contributed by atoms with Crippen LogP contribution >= 0.6 is 15.9 Å². The molecule has 0 amide bonds. The molecule has 23 heavy (non-hydrogen) atoms. The Morgan fingerprint density at radius 1 is 1.22 bits per heavy atom. The molecular formula is C14H15BrN2O5S. The summed E-state index contributed by atoms with van der Waals surface area (Å²) in [4.78, 5) is 24.9. The van der Waals surface area contributed by atoms with Gasteiger partial charge >= 0.3 is 5.69 Å². The van der Waals surface area contributed by atoms with Crippen molar-refractivity contribution < 1.29 is 13.2 Å². The van der Waals surface area contributed by atoms with Crippen LogP contribution in [0.15, 0.2) is 49.4 Å². The van der Waals surface area contributed by atoms with Crippen molar-refractivity contribution in [3.05, 3.63) is 55.8 Å². The van der Waals surface area contributed by atoms with E-state index < -0.39 is 21.3 Å². The molecule has 0 aliphatic rings. The van der Waals surface area contributed by atoms with Gasteiger partial charge in [-0.25, -0.2) is 13.2 Å². The fourth-order valence-corrected chi connectivity index (χ4v) is 3.42. The van der Waals surface area contributed by atoms with Crippen LogP contribution < -0.4 is 16.0 Å². The molecule has 2 rings (SSSR count). The summed E-state index contributed by atoms with van der Waals surface area (Å²) in [5.41, 5.74) is -1.72. The van der Waals surface area contributed by atoms with Crippen LogP contribution in [-0.2, 0) is 10.0 Å². The third-order valence-corrected chi connectivity index (χ3v) is 5.24. The lowest BCUT2D eigenvalue weighted by molar-refractivity contribution is 0.309. The first kappa shape index (κ1) is 17.5. The highest BCUT2D eigenvalue weighted by atomic mass is 79.9. The molecule has 0 saturated heterocycles. The molecule has 1 aromatic heterocycles. The normalized spacial score (nSPS) is 11.4. The molecule has 0 spiro atoms. The summed E-state index contributed by atoms with van der Waals surface area (Å²) in [6, 6.07) is 5.74. The van der Waals surface area contributed by atoms with Crippen LogP contribution in [0.5, 0.6) is 5.75 Å². The number of aromatic nitrogens is 2. The van der Waals surface area contributed by atoms with Crippen molar-refractivity contribution >= 4 is 26.0 Å². The zero-order valence-electron chi connectivity index (χ0n) is 12.3. The summed E-state index contributed by atoms with van der Waals surface area (Å²) >= 11 is 2.90. The van der Waals surface area contributed by atoms with Crippen molar-refractivity contribution in [2.45, 2.75) is 24.7 Å². The largest absolute Gasteiger partial charge is 0.494 e. The van der Waals surface area contributed by atoms with Crippen molar-refractivity contribution in [2.24, 2.45) is 0 Å². The Morgan fingerprint density at radius 3 is 2.48 bits per heavy atom. The van der Waals surface area contributed by atoms with E-state index in [-0.39, 0.29) is 9.37 Å². The van der Waals surface area contributed by atoms with E-state index in [0.29, 0.717) is 16.3 Å². The predicted molar refractivity (Wildman–Crippen MR) is 88.5 cm³/mol. The summed E-state index contributed by atoms with van der Waals surface area (Å²) in [5, 5.41) is 0. The van der Waals surface area contributed by atoms with Gasteiger partial charge in [0.05, 0.1) is 11.5 Å². The van der Waals surface area contributed by atoms with E-state index in [9.17, 15) is 18.0 Å². The Morgan fingerprint density at radius 2 is 1.87 bits per heavy atom. The maximum absolute atomic E-state index is 12.5. The molecular weight excluding hydrogens is 388 g/mol. The quantitative estimate of drug-likeness (QED) is 0.741. The standard InChI is InChI=1S/C14H15BrN2O5S/c1-2-3-8-22-10-4-6-11(7-5-10)23(20,21)17-9-12(15)13(18)16-14(17)19/h4-7,9H,2-3,8H2,1H3,(H,16,18,19). The zero-order valence-corrected chi connectivity index (χ0v) is 14.7. The number of ether oxygens (including phenoxy) is 1. The number of hydrogen-bond donors (Lipinski definition) is 1. The first-order valence-corrected chi connectivity index (χ1v) is 9.09. The topological polar surface area (TPSA) is 98.2 Å². The minimum absolute atomic E-state index is 0.0554. The van der Waals surface area contributed by atoms with Gasteiger partial charge in [0.15, 0.2) is 0 Å². The van der Waals surface area contributed by atoms with E-state index in [4.69, 9.17) is 4.74 Å². The van der Waals surface area contributed by atoms with Crippen molar-refractivity contribution in [2.75, 3.05) is 6.61 Å². The van der Waals surface area contributed by atoms with Gasteiger partial charge in [-0.15, -0.1) is 0 Å². The van der Waals surface area contributed by atoms with Gasteiger partial charge in [0.25, 0.3) is 15.6 Å². The van der Waals surface area contributed by atoms with Crippen LogP contribution in [0.2, 0.25) is 0 Å². The maximum Gasteiger partial charge on any atom is 0.342 e. The van der Waals surface area contributed by atoms with Crippen molar-refractivity contribution in [1.82, 2.24) is 8.96 Å². The Hall–Kier alpha value is -1.87. The number of hydrogen-bond acceptors (Lipinski definition) is 5. The Kier molecular flexibility index (Phi) is 5.42. The fraction of sp³-hybridized carbons (Fsp3) is 0.286. The lowest BCUT2D eigenvalue weighted by Gasteiger charge is -2.09. The highest BCUT2D eigenvalue weighted by Gasteiger charge is 2.19. The molecule has 1 aromatic carbocycles. The Bertz CT molecular complexity index is 900. The summed E-state index contributed by atoms with van der Waals surface area (Å²) in [5.74, 6) is 0.549. The summed E-state index contributed by atoms with van der Waals surface area (Å²) < 4.78 is 30.8. The fourth-order valence-electron chi connectivity index (χ4n) is 1.77. The second-order valence-electron chi connectivity index (χ2n) is 4.71. The summed E-state index contributed by atoms with van der Waals surface area (Å²) in [6.45, 7) is 2.59. The second kappa shape index (κ2) is 7.14. The van der Waals surface area contributed by atoms with Gasteiger partial charge in [-0.3, -0.25) is 9.78 Å². The predicted octanol–water partition coefficient (Wildman–Crippen LogP) is 1.71. The van der Waals surface area contributed by atoms with Gasteiger partial charge in [-0.05, 0) is 46.6 Å². The molecule has 9 heteroatoms. The maximum atomic E-state index is 12.5. The molecule has 0 aliphatic heterocycles. The second-order valence-corrected chi connectivity index (χ2v) is 7.38. The molecule has 1 N–H and O–H groups in total. The number of unbranched alkanes of at least 4 members (excludes halogenated alkanes) is 1. The monoisotopic (exact) mass is 402 g/mol. The van der Waals surface area contributed by atoms with E-state index in [1.54, 1.807) is 0 Å². The van der Waals surface area contributed by atoms with Gasteiger partial charge < -0.3 is 4.74 Å². The molecule has 2 aromatic rings. The number of nitrogens with zero attached hydrogens (tertiary/aromatic N) is 1. The molecule has 0 unspecified atom stereocenters. The van der Waals surface area contributed by atoms with Crippen LogP contribution in [-0.4, -0.2) is 24.0 Å². The van der Waals surface area contributed by atoms with E-state index in [0.717, 1.165) is 19.0 Å². The van der Waals surface area contributed by atoms with Gasteiger partial charge in [-0.1, -0.05) is 13.3 Å². The SMILES string of the molecule is CCCCOc1ccc(S(=O)(=O)n2cc(Br)c(=O)[nH]c2=O)cc1. The summed E-state index contributed by atoms with van der Waals surface area (Å²) in [6.07, 6.45) is 2.83. The first-order valence-electron chi connectivity index (χ1n) is 6.86. The minimum Gasteiger partial charge on any atom is -0.494 e. The zero-order chi connectivity index (χ0) is 17.0. The van der Waals surface area contributed by atoms with Crippen LogP contribution in [0.4, 0.5) is 0 Å². The lowest BCUT2D eigenvalue weighted by atomic mass is 10.3. The molecule has 0 saturated carbocycles. The lowest BCUT2D eigenvalue weighted by Crippen LogP contribution is -2.34. The molecule has 1 heterocycles. The smallest absolute Gasteiger partial charge is 0.342 e. The van der Waals surface area contributed by atoms with Crippen LogP contribution in [0.3, 0.4) is 0 Å². The number of halogens is 1. The highest BCUT2D eigenvalue weighted by Crippen LogP contribution is 2.18. The van der Waals surface area contributed by atoms with Crippen molar-refractivity contribution in [1.29, 1.82) is 0 Å². The van der Waals surface area contributed by atoms with E-state index in [1.165, 1.54) is 24.3 Å². The Labute approximate surface area is 141 Å². The molecule has 0 atom stereocenters. The number of nitrogens with one attached hydrogen (secondary N) is 1. The number of benzene rings is 1. The Balaban J connectivity index is 2.35. The van der Waals surface area contributed by atoms with Gasteiger partial charge in [-0.2, -0.15) is 3.97 Å². The molecule has 0 radical (unpaired) electrons. The van der Waals surface area contributed by atoms with Crippen molar-refractivity contribution in [3.63, 3.8) is 0 Å². The van der Waals surface area contributed by atoms with E-state index in [1.807, 2.05) is 11.9 Å². The van der Waals surface area contributed by atoms with E-state index >= 15 is 0 Å². The average molecular weight is 403 g/mol. The number of aromatic amines is 1. The molecule has 7 nitrogen and oxygen atoms in total. The van der Waals surface area contributed by atoms with Gasteiger partial charge in [0, 0.05) is 6.20 Å². The molecule has 124 valence electrons. The third-order valence-electron chi connectivity index (χ3n) is 3.02. The first-order chi connectivity index (χ1) is 10.9. The molecule has 0 bridgehead atoms. The third kappa shape index (κ3) is 3.91. The van der Waals surface area contributed by atoms with Gasteiger partial charge in [0.2, 0.25) is 0 Å². The average Bonchev–Trinajstić information content (AvgIpc) is 2.51. The van der Waals surface area contributed by atoms with Crippen molar-refractivity contribution in [3.8, 4) is 5.75 Å². The van der Waals surface area contributed by atoms with Crippen LogP contribution in [0.1, 0.15) is 19.8 Å². The highest BCUT2D eigenvalue weighted by molar-refractivity contribution is 9.10. The van der Waals surface area contributed by atoms with Gasteiger partial charge in [0.1, 0.15) is 10.2 Å². The number of H-pyrrole nitrogens is 1. The van der Waals surface area contributed by atoms with Crippen LogP contribution in [0, 0.1) is 0 Å². The van der Waals surface area contributed by atoms with Crippen LogP contribution in [0.25, 0.3) is 0 Å². The minimum atomic E-state index is -4.10. The number of rotatable bonds is 6. The van der Waals surface area contributed by atoms with E-state index in [2.05, 4.69) is 15.9 Å². The molecule has 0 fully saturated rings.